The first-order valence-electron chi connectivity index (χ1n) is 16.6. The standard InChI is InChI=1S/C34H53NO7/c1-21(2)28(36)8-6-5-7-15-35-30(38)20-41-24-11-13-32(3)23(17-24)9-10-26-27(32)18-29(37)33(4)25(12-14-34(26,33)40)22-16-31(39)42-19-22/h16,21,23-27,29,37,40H,5-15,17-20H2,1-4H3,(H,35,38)/t23-,24+,25-,26-,27+,29-,32+,33+,34+/m1/s1. The van der Waals surface area contributed by atoms with Gasteiger partial charge in [-0.2, -0.15) is 0 Å². The molecule has 8 heteroatoms. The molecule has 1 heterocycles. The molecule has 0 bridgehead atoms. The maximum atomic E-state index is 12.4. The van der Waals surface area contributed by atoms with Crippen molar-refractivity contribution in [2.45, 2.75) is 123 Å². The number of unbranched alkanes of at least 4 members (excludes halogenated alkanes) is 2. The molecule has 0 spiro atoms. The van der Waals surface area contributed by atoms with Crippen molar-refractivity contribution in [3.63, 3.8) is 0 Å². The van der Waals surface area contributed by atoms with Crippen LogP contribution in [0.1, 0.15) is 105 Å². The van der Waals surface area contributed by atoms with E-state index in [1.54, 1.807) is 6.08 Å². The van der Waals surface area contributed by atoms with Crippen LogP contribution in [0.5, 0.6) is 0 Å². The molecule has 4 aliphatic carbocycles. The summed E-state index contributed by atoms with van der Waals surface area (Å²) >= 11 is 0. The predicted octanol–water partition coefficient (Wildman–Crippen LogP) is 4.50. The van der Waals surface area contributed by atoms with Gasteiger partial charge in [0.05, 0.1) is 17.8 Å². The minimum atomic E-state index is -0.962. The number of ether oxygens (including phenoxy) is 2. The maximum absolute atomic E-state index is 12.4. The average Bonchev–Trinajstić information content (AvgIpc) is 3.50. The van der Waals surface area contributed by atoms with Crippen LogP contribution < -0.4 is 5.32 Å². The molecule has 0 aromatic carbocycles. The van der Waals surface area contributed by atoms with Crippen LogP contribution in [-0.4, -0.2) is 65.4 Å². The zero-order valence-electron chi connectivity index (χ0n) is 26.2. The van der Waals surface area contributed by atoms with Gasteiger partial charge in [-0.1, -0.05) is 34.1 Å². The highest BCUT2D eigenvalue weighted by molar-refractivity contribution is 5.85. The third kappa shape index (κ3) is 5.61. The molecule has 5 rings (SSSR count). The van der Waals surface area contributed by atoms with Crippen molar-refractivity contribution in [3.8, 4) is 0 Å². The first-order chi connectivity index (χ1) is 19.9. The molecule has 5 aliphatic rings. The monoisotopic (exact) mass is 587 g/mol. The highest BCUT2D eigenvalue weighted by Gasteiger charge is 2.70. The normalized spacial score (nSPS) is 41.0. The minimum Gasteiger partial charge on any atom is -0.458 e. The van der Waals surface area contributed by atoms with Gasteiger partial charge in [-0.15, -0.1) is 0 Å². The first kappa shape index (κ1) is 31.6. The van der Waals surface area contributed by atoms with E-state index in [0.29, 0.717) is 37.5 Å². The van der Waals surface area contributed by atoms with E-state index in [1.807, 2.05) is 20.8 Å². The van der Waals surface area contributed by atoms with Crippen LogP contribution in [0.2, 0.25) is 0 Å². The Balaban J connectivity index is 1.12. The molecule has 4 saturated carbocycles. The molecule has 0 aromatic heterocycles. The Morgan fingerprint density at radius 1 is 1.07 bits per heavy atom. The summed E-state index contributed by atoms with van der Waals surface area (Å²) in [6.45, 7) is 9.24. The van der Waals surface area contributed by atoms with Crippen LogP contribution in [0, 0.1) is 40.4 Å². The highest BCUT2D eigenvalue weighted by atomic mass is 16.5. The number of cyclic esters (lactones) is 1. The molecule has 4 fully saturated rings. The molecule has 9 atom stereocenters. The lowest BCUT2D eigenvalue weighted by Gasteiger charge is -2.65. The molecule has 236 valence electrons. The molecule has 0 unspecified atom stereocenters. The van der Waals surface area contributed by atoms with Gasteiger partial charge < -0.3 is 25.0 Å². The summed E-state index contributed by atoms with van der Waals surface area (Å²) in [5.74, 6) is 0.758. The largest absolute Gasteiger partial charge is 0.458 e. The Morgan fingerprint density at radius 2 is 1.86 bits per heavy atom. The number of aliphatic hydroxyl groups is 2. The summed E-state index contributed by atoms with van der Waals surface area (Å²) in [5.41, 5.74) is -0.702. The van der Waals surface area contributed by atoms with E-state index in [2.05, 4.69) is 12.2 Å². The number of fused-ring (bicyclic) bond motifs is 5. The SMILES string of the molecule is CC(C)C(=O)CCCCCNC(=O)CO[C@H]1CC[C@@]2(C)[C@H](CC[C@@H]3[C@@H]2C[C@@H](O)[C@]2(C)[C@@H](C4=CC(=O)OC4)CC[C@]32O)C1. The van der Waals surface area contributed by atoms with E-state index in [0.717, 1.165) is 63.4 Å². The van der Waals surface area contributed by atoms with Gasteiger partial charge in [-0.25, -0.2) is 4.79 Å². The summed E-state index contributed by atoms with van der Waals surface area (Å²) in [5, 5.41) is 27.1. The van der Waals surface area contributed by atoms with Gasteiger partial charge in [0.1, 0.15) is 19.0 Å². The number of ketones is 1. The Bertz CT molecular complexity index is 1070. The van der Waals surface area contributed by atoms with Crippen LogP contribution in [0.15, 0.2) is 11.6 Å². The number of hydrogen-bond acceptors (Lipinski definition) is 7. The second kappa shape index (κ2) is 12.3. The number of amides is 1. The van der Waals surface area contributed by atoms with E-state index in [-0.39, 0.29) is 60.3 Å². The fraction of sp³-hybridized carbons (Fsp3) is 0.853. The van der Waals surface area contributed by atoms with Crippen molar-refractivity contribution in [2.75, 3.05) is 19.8 Å². The fourth-order valence-corrected chi connectivity index (χ4v) is 9.86. The zero-order chi connectivity index (χ0) is 30.3. The summed E-state index contributed by atoms with van der Waals surface area (Å²) in [6.07, 6.45) is 11.1. The van der Waals surface area contributed by atoms with Crippen LogP contribution in [0.4, 0.5) is 0 Å². The van der Waals surface area contributed by atoms with Crippen molar-refractivity contribution < 1.29 is 34.1 Å². The van der Waals surface area contributed by atoms with Gasteiger partial charge >= 0.3 is 5.97 Å². The van der Waals surface area contributed by atoms with E-state index < -0.39 is 17.1 Å². The number of carbonyl (C=O) groups is 3. The van der Waals surface area contributed by atoms with Crippen molar-refractivity contribution in [3.05, 3.63) is 11.6 Å². The predicted molar refractivity (Wildman–Crippen MR) is 158 cm³/mol. The molecule has 1 aliphatic heterocycles. The van der Waals surface area contributed by atoms with Crippen molar-refractivity contribution in [2.24, 2.45) is 40.4 Å². The van der Waals surface area contributed by atoms with Crippen molar-refractivity contribution in [1.29, 1.82) is 0 Å². The molecule has 0 saturated heterocycles. The second-order valence-corrected chi connectivity index (χ2v) is 14.9. The fourth-order valence-electron chi connectivity index (χ4n) is 9.86. The minimum absolute atomic E-state index is 0.0177. The molecule has 42 heavy (non-hydrogen) atoms. The summed E-state index contributed by atoms with van der Waals surface area (Å²) in [7, 11) is 0. The molecule has 8 nitrogen and oxygen atoms in total. The smallest absolute Gasteiger partial charge is 0.331 e. The number of rotatable bonds is 11. The Kier molecular flexibility index (Phi) is 9.28. The summed E-state index contributed by atoms with van der Waals surface area (Å²) < 4.78 is 11.3. The summed E-state index contributed by atoms with van der Waals surface area (Å²) in [6, 6.07) is 0. The lowest BCUT2D eigenvalue weighted by molar-refractivity contribution is -0.245. The van der Waals surface area contributed by atoms with Gasteiger partial charge in [0, 0.05) is 30.4 Å². The maximum Gasteiger partial charge on any atom is 0.331 e. The Hall–Kier alpha value is -1.77. The van der Waals surface area contributed by atoms with Crippen LogP contribution in [0.3, 0.4) is 0 Å². The number of aliphatic hydroxyl groups excluding tert-OH is 1. The quantitative estimate of drug-likeness (QED) is 0.240. The van der Waals surface area contributed by atoms with Crippen LogP contribution in [-0.2, 0) is 23.9 Å². The molecular formula is C34H53NO7. The van der Waals surface area contributed by atoms with Gasteiger partial charge in [0.25, 0.3) is 0 Å². The van der Waals surface area contributed by atoms with Gasteiger partial charge in [-0.05, 0) is 98.9 Å². The Morgan fingerprint density at radius 3 is 2.57 bits per heavy atom. The lowest BCUT2D eigenvalue weighted by Crippen LogP contribution is -2.67. The second-order valence-electron chi connectivity index (χ2n) is 14.9. The number of Topliss-reactive ketones (excluding diaryl/α,β-unsaturated/α-hetero) is 1. The average molecular weight is 588 g/mol. The van der Waals surface area contributed by atoms with E-state index >= 15 is 0 Å². The molecule has 3 N–H and O–H groups in total. The summed E-state index contributed by atoms with van der Waals surface area (Å²) in [4.78, 5) is 36.0. The third-order valence-electron chi connectivity index (χ3n) is 12.5. The lowest BCUT2D eigenvalue weighted by atomic mass is 9.42. The van der Waals surface area contributed by atoms with Gasteiger partial charge in [-0.3, -0.25) is 9.59 Å². The van der Waals surface area contributed by atoms with Gasteiger partial charge in [0.15, 0.2) is 0 Å². The molecule has 0 radical (unpaired) electrons. The molecular weight excluding hydrogens is 534 g/mol. The highest BCUT2D eigenvalue weighted by Crippen LogP contribution is 2.70. The van der Waals surface area contributed by atoms with Crippen LogP contribution in [0.25, 0.3) is 0 Å². The number of carbonyl (C=O) groups excluding carboxylic acids is 3. The van der Waals surface area contributed by atoms with Crippen LogP contribution >= 0.6 is 0 Å². The molecule has 1 amide bonds. The van der Waals surface area contributed by atoms with Gasteiger partial charge in [0.2, 0.25) is 5.91 Å². The zero-order valence-corrected chi connectivity index (χ0v) is 26.2. The van der Waals surface area contributed by atoms with E-state index in [1.165, 1.54) is 0 Å². The first-order valence-corrected chi connectivity index (χ1v) is 16.6. The van der Waals surface area contributed by atoms with E-state index in [4.69, 9.17) is 9.47 Å². The number of esters is 1. The molecule has 0 aromatic rings. The number of nitrogens with one attached hydrogen (secondary N) is 1. The topological polar surface area (TPSA) is 122 Å². The van der Waals surface area contributed by atoms with Crippen molar-refractivity contribution in [1.82, 2.24) is 5.32 Å². The van der Waals surface area contributed by atoms with E-state index in [9.17, 15) is 24.6 Å². The Labute approximate surface area is 251 Å². The number of hydrogen-bond donors (Lipinski definition) is 3. The van der Waals surface area contributed by atoms with Crippen molar-refractivity contribution >= 4 is 17.7 Å². The third-order valence-corrected chi connectivity index (χ3v) is 12.5.